The number of rotatable bonds is 8. The molecule has 0 aliphatic heterocycles. The first-order valence-electron chi connectivity index (χ1n) is 7.79. The van der Waals surface area contributed by atoms with Gasteiger partial charge in [0, 0.05) is 25.6 Å². The summed E-state index contributed by atoms with van der Waals surface area (Å²) < 4.78 is 0. The van der Waals surface area contributed by atoms with Crippen LogP contribution in [0.25, 0.3) is 0 Å². The Hall–Kier alpha value is -1.99. The molecule has 0 heterocycles. The summed E-state index contributed by atoms with van der Waals surface area (Å²) in [6, 6.07) is 4.62. The van der Waals surface area contributed by atoms with Crippen LogP contribution in [0.4, 0.5) is 11.4 Å². The lowest BCUT2D eigenvalue weighted by Gasteiger charge is -2.20. The number of nitro benzene ring substituents is 1. The molecule has 1 fully saturated rings. The summed E-state index contributed by atoms with van der Waals surface area (Å²) in [7, 11) is 1.87. The summed E-state index contributed by atoms with van der Waals surface area (Å²) in [5, 5.41) is 23.5. The van der Waals surface area contributed by atoms with Crippen LogP contribution >= 0.6 is 0 Å². The predicted octanol–water partition coefficient (Wildman–Crippen LogP) is 1.93. The highest BCUT2D eigenvalue weighted by Gasteiger charge is 2.30. The predicted molar refractivity (Wildman–Crippen MR) is 87.3 cm³/mol. The van der Waals surface area contributed by atoms with Gasteiger partial charge < -0.3 is 15.3 Å². The maximum Gasteiger partial charge on any atom is 0.274 e. The number of nitrogens with zero attached hydrogens (tertiary/aromatic N) is 2. The number of likely N-dealkylation sites (N-methyl/N-ethyl adjacent to an activating group) is 1. The summed E-state index contributed by atoms with van der Waals surface area (Å²) in [6.45, 7) is 2.71. The number of amides is 1. The number of hydrogen-bond donors (Lipinski definition) is 2. The zero-order chi connectivity index (χ0) is 17.0. The molecule has 2 rings (SSSR count). The Labute approximate surface area is 135 Å². The lowest BCUT2D eigenvalue weighted by Crippen LogP contribution is -2.32. The molecule has 1 aliphatic rings. The van der Waals surface area contributed by atoms with E-state index >= 15 is 0 Å². The minimum atomic E-state index is -0.460. The molecule has 0 radical (unpaired) electrons. The largest absolute Gasteiger partial charge is 0.392 e. The van der Waals surface area contributed by atoms with Crippen molar-refractivity contribution < 1.29 is 14.8 Å². The Balaban J connectivity index is 1.82. The third kappa shape index (κ3) is 5.01. The lowest BCUT2D eigenvalue weighted by molar-refractivity contribution is -0.385. The van der Waals surface area contributed by atoms with Gasteiger partial charge in [0.25, 0.3) is 5.69 Å². The van der Waals surface area contributed by atoms with E-state index in [-0.39, 0.29) is 24.1 Å². The molecule has 1 atom stereocenters. The first-order valence-corrected chi connectivity index (χ1v) is 7.79. The molecule has 0 saturated heterocycles. The van der Waals surface area contributed by atoms with Crippen molar-refractivity contribution in [3.8, 4) is 0 Å². The van der Waals surface area contributed by atoms with Crippen molar-refractivity contribution in [1.82, 2.24) is 4.90 Å². The molecule has 0 aromatic heterocycles. The van der Waals surface area contributed by atoms with Crippen LogP contribution in [0, 0.1) is 23.0 Å². The Morgan fingerprint density at radius 1 is 1.52 bits per heavy atom. The van der Waals surface area contributed by atoms with Crippen molar-refractivity contribution in [3.63, 3.8) is 0 Å². The summed E-state index contributed by atoms with van der Waals surface area (Å²) in [5.41, 5.74) is 0.903. The Morgan fingerprint density at radius 3 is 2.83 bits per heavy atom. The normalized spacial score (nSPS) is 15.5. The van der Waals surface area contributed by atoms with Crippen LogP contribution in [0.3, 0.4) is 0 Å². The second kappa shape index (κ2) is 7.52. The molecule has 7 heteroatoms. The van der Waals surface area contributed by atoms with Crippen LogP contribution in [0.1, 0.15) is 24.8 Å². The fourth-order valence-electron chi connectivity index (χ4n) is 2.50. The average molecular weight is 321 g/mol. The number of carbonyl (C=O) groups excluding carboxylic acids is 1. The zero-order valence-corrected chi connectivity index (χ0v) is 13.5. The van der Waals surface area contributed by atoms with E-state index in [4.69, 9.17) is 0 Å². The summed E-state index contributed by atoms with van der Waals surface area (Å²) in [6.07, 6.45) is 2.13. The molecule has 23 heavy (non-hydrogen) atoms. The standard InChI is InChI=1S/C16H23N3O4/c1-11-13(4-3-5-14(11)19(22)23)17-16(21)8-9-18(2)10-15(20)12-6-7-12/h3-5,12,15,20H,6-10H2,1-2H3,(H,17,21). The molecule has 0 bridgehead atoms. The van der Waals surface area contributed by atoms with Crippen LogP contribution in [0.2, 0.25) is 0 Å². The summed E-state index contributed by atoms with van der Waals surface area (Å²) in [4.78, 5) is 24.4. The monoisotopic (exact) mass is 321 g/mol. The van der Waals surface area contributed by atoms with E-state index in [0.717, 1.165) is 12.8 Å². The SMILES string of the molecule is Cc1c(NC(=O)CCN(C)CC(O)C2CC2)cccc1[N+](=O)[O-]. The van der Waals surface area contributed by atoms with E-state index in [1.165, 1.54) is 6.07 Å². The minimum absolute atomic E-state index is 0.00697. The molecular weight excluding hydrogens is 298 g/mol. The second-order valence-electron chi connectivity index (χ2n) is 6.17. The van der Waals surface area contributed by atoms with Gasteiger partial charge in [-0.3, -0.25) is 14.9 Å². The maximum atomic E-state index is 12.0. The molecular formula is C16H23N3O4. The van der Waals surface area contributed by atoms with Gasteiger partial charge in [-0.1, -0.05) is 6.07 Å². The van der Waals surface area contributed by atoms with Gasteiger partial charge in [0.2, 0.25) is 5.91 Å². The third-order valence-corrected chi connectivity index (χ3v) is 4.16. The number of hydrogen-bond acceptors (Lipinski definition) is 5. The number of nitrogens with one attached hydrogen (secondary N) is 1. The summed E-state index contributed by atoms with van der Waals surface area (Å²) >= 11 is 0. The van der Waals surface area contributed by atoms with E-state index in [1.807, 2.05) is 11.9 Å². The van der Waals surface area contributed by atoms with Gasteiger partial charge >= 0.3 is 0 Å². The zero-order valence-electron chi connectivity index (χ0n) is 13.5. The summed E-state index contributed by atoms with van der Waals surface area (Å²) in [5.74, 6) is 0.222. The highest BCUT2D eigenvalue weighted by Crippen LogP contribution is 2.32. The van der Waals surface area contributed by atoms with Crippen molar-refractivity contribution in [2.45, 2.75) is 32.3 Å². The molecule has 0 spiro atoms. The highest BCUT2D eigenvalue weighted by molar-refractivity contribution is 5.92. The Morgan fingerprint density at radius 2 is 2.22 bits per heavy atom. The van der Waals surface area contributed by atoms with E-state index < -0.39 is 4.92 Å². The van der Waals surface area contributed by atoms with E-state index in [0.29, 0.717) is 30.3 Å². The van der Waals surface area contributed by atoms with Gasteiger partial charge in [-0.15, -0.1) is 0 Å². The maximum absolute atomic E-state index is 12.0. The van der Waals surface area contributed by atoms with Gasteiger partial charge in [-0.2, -0.15) is 0 Å². The molecule has 1 aliphatic carbocycles. The number of benzene rings is 1. The van der Waals surface area contributed by atoms with Crippen molar-refractivity contribution in [3.05, 3.63) is 33.9 Å². The first-order chi connectivity index (χ1) is 10.9. The molecule has 2 N–H and O–H groups in total. The van der Waals surface area contributed by atoms with E-state index in [2.05, 4.69) is 5.32 Å². The number of aliphatic hydroxyl groups excluding tert-OH is 1. The number of nitro groups is 1. The molecule has 126 valence electrons. The fraction of sp³-hybridized carbons (Fsp3) is 0.562. The van der Waals surface area contributed by atoms with E-state index in [1.54, 1.807) is 19.1 Å². The van der Waals surface area contributed by atoms with Gasteiger partial charge in [0.1, 0.15) is 0 Å². The minimum Gasteiger partial charge on any atom is -0.392 e. The van der Waals surface area contributed by atoms with Crippen molar-refractivity contribution in [2.75, 3.05) is 25.5 Å². The van der Waals surface area contributed by atoms with E-state index in [9.17, 15) is 20.0 Å². The van der Waals surface area contributed by atoms with Crippen LogP contribution in [-0.4, -0.2) is 47.1 Å². The molecule has 1 aromatic carbocycles. The third-order valence-electron chi connectivity index (χ3n) is 4.16. The van der Waals surface area contributed by atoms with Crippen LogP contribution in [0.15, 0.2) is 18.2 Å². The molecule has 1 saturated carbocycles. The topological polar surface area (TPSA) is 95.7 Å². The van der Waals surface area contributed by atoms with Gasteiger partial charge in [-0.25, -0.2) is 0 Å². The average Bonchev–Trinajstić information content (AvgIpc) is 3.31. The van der Waals surface area contributed by atoms with Crippen molar-refractivity contribution in [1.29, 1.82) is 0 Å². The smallest absolute Gasteiger partial charge is 0.274 e. The van der Waals surface area contributed by atoms with Crippen LogP contribution < -0.4 is 5.32 Å². The van der Waals surface area contributed by atoms with Crippen LogP contribution in [0.5, 0.6) is 0 Å². The van der Waals surface area contributed by atoms with Gasteiger partial charge in [0.05, 0.1) is 22.3 Å². The Bertz CT molecular complexity index is 587. The number of anilines is 1. The van der Waals surface area contributed by atoms with Crippen LogP contribution in [-0.2, 0) is 4.79 Å². The lowest BCUT2D eigenvalue weighted by atomic mass is 10.1. The molecule has 1 unspecified atom stereocenters. The van der Waals surface area contributed by atoms with Crippen molar-refractivity contribution >= 4 is 17.3 Å². The highest BCUT2D eigenvalue weighted by atomic mass is 16.6. The Kier molecular flexibility index (Phi) is 5.68. The molecule has 1 aromatic rings. The number of aliphatic hydroxyl groups is 1. The fourth-order valence-corrected chi connectivity index (χ4v) is 2.50. The van der Waals surface area contributed by atoms with Gasteiger partial charge in [-0.05, 0) is 38.8 Å². The molecule has 1 amide bonds. The quantitative estimate of drug-likeness (QED) is 0.563. The van der Waals surface area contributed by atoms with Crippen molar-refractivity contribution in [2.24, 2.45) is 5.92 Å². The molecule has 7 nitrogen and oxygen atoms in total. The second-order valence-corrected chi connectivity index (χ2v) is 6.17. The number of carbonyl (C=O) groups is 1. The first kappa shape index (κ1) is 17.4. The van der Waals surface area contributed by atoms with Gasteiger partial charge in [0.15, 0.2) is 0 Å².